The summed E-state index contributed by atoms with van der Waals surface area (Å²) in [4.78, 5) is 35.8. The molecule has 0 bridgehead atoms. The third kappa shape index (κ3) is 31.5. The molecule has 0 amide bonds. The molecule has 0 aliphatic heterocycles. The topological polar surface area (TPSA) is 210 Å². The van der Waals surface area contributed by atoms with Crippen molar-refractivity contribution in [3.05, 3.63) is 60.8 Å². The van der Waals surface area contributed by atoms with Crippen molar-refractivity contribution < 1.29 is 63.1 Å². The van der Waals surface area contributed by atoms with Gasteiger partial charge in [-0.25, -0.2) is 4.57 Å². The van der Waals surface area contributed by atoms with Crippen LogP contribution in [0.3, 0.4) is 0 Å². The van der Waals surface area contributed by atoms with E-state index in [2.05, 4.69) is 62.5 Å². The quantitative estimate of drug-likeness (QED) is 0.0146. The molecule has 8 atom stereocenters. The first-order valence-electron chi connectivity index (χ1n) is 24.6. The molecule has 1 rings (SSSR count). The first kappa shape index (κ1) is 59.6. The van der Waals surface area contributed by atoms with Crippen LogP contribution in [0.15, 0.2) is 60.8 Å². The number of aliphatic hydroxyl groups excluding tert-OH is 5. The Bertz CT molecular complexity index is 1350. The van der Waals surface area contributed by atoms with Gasteiger partial charge in [-0.2, -0.15) is 0 Å². The van der Waals surface area contributed by atoms with Crippen molar-refractivity contribution in [3.63, 3.8) is 0 Å². The molecule has 1 aliphatic rings. The average Bonchev–Trinajstić information content (AvgIpc) is 3.28. The maximum Gasteiger partial charge on any atom is 0.472 e. The largest absolute Gasteiger partial charge is 0.472 e. The average molecular weight is 927 g/mol. The van der Waals surface area contributed by atoms with E-state index in [9.17, 15) is 44.6 Å². The zero-order valence-corrected chi connectivity index (χ0v) is 40.2. The van der Waals surface area contributed by atoms with Crippen LogP contribution in [0.25, 0.3) is 0 Å². The number of carbonyl (C=O) groups excluding carboxylic acids is 2. The van der Waals surface area contributed by atoms with Crippen molar-refractivity contribution in [2.75, 3.05) is 13.2 Å². The number of carbonyl (C=O) groups is 2. The molecule has 1 saturated carbocycles. The second-order valence-corrected chi connectivity index (χ2v) is 18.3. The number of hydrogen-bond acceptors (Lipinski definition) is 12. The van der Waals surface area contributed by atoms with E-state index >= 15 is 0 Å². The fourth-order valence-corrected chi connectivity index (χ4v) is 8.18. The van der Waals surface area contributed by atoms with Gasteiger partial charge in [0.2, 0.25) is 0 Å². The van der Waals surface area contributed by atoms with Gasteiger partial charge in [-0.05, 0) is 51.4 Å². The number of phosphoric acid groups is 1. The lowest BCUT2D eigenvalue weighted by atomic mass is 9.85. The maximum atomic E-state index is 12.8. The zero-order chi connectivity index (χ0) is 47.1. The van der Waals surface area contributed by atoms with Gasteiger partial charge in [-0.15, -0.1) is 0 Å². The van der Waals surface area contributed by atoms with Crippen LogP contribution in [0.5, 0.6) is 0 Å². The van der Waals surface area contributed by atoms with Crippen LogP contribution in [-0.2, 0) is 32.7 Å². The summed E-state index contributed by atoms with van der Waals surface area (Å²) in [7, 11) is -5.13. The van der Waals surface area contributed by atoms with Gasteiger partial charge in [0.25, 0.3) is 0 Å². The summed E-state index contributed by atoms with van der Waals surface area (Å²) in [5.74, 6) is -1.16. The van der Waals surface area contributed by atoms with Crippen molar-refractivity contribution in [1.82, 2.24) is 0 Å². The van der Waals surface area contributed by atoms with E-state index in [0.717, 1.165) is 57.8 Å². The number of ether oxygens (including phenoxy) is 2. The predicted molar refractivity (Wildman–Crippen MR) is 253 cm³/mol. The van der Waals surface area contributed by atoms with Crippen LogP contribution in [0.2, 0.25) is 0 Å². The normalized spacial score (nSPS) is 22.1. The number of aliphatic hydroxyl groups is 5. The van der Waals surface area contributed by atoms with Gasteiger partial charge in [0.1, 0.15) is 43.2 Å². The van der Waals surface area contributed by atoms with E-state index < -0.39 is 75.7 Å². The number of rotatable bonds is 40. The summed E-state index contributed by atoms with van der Waals surface area (Å²) in [5, 5.41) is 50.2. The Kier molecular flexibility index (Phi) is 36.9. The van der Waals surface area contributed by atoms with E-state index in [1.807, 2.05) is 12.2 Å². The first-order chi connectivity index (χ1) is 30.9. The second-order valence-electron chi connectivity index (χ2n) is 16.9. The highest BCUT2D eigenvalue weighted by Crippen LogP contribution is 2.47. The van der Waals surface area contributed by atoms with Gasteiger partial charge in [-0.1, -0.05) is 184 Å². The Balaban J connectivity index is 2.46. The van der Waals surface area contributed by atoms with Gasteiger partial charge < -0.3 is 39.9 Å². The van der Waals surface area contributed by atoms with Crippen molar-refractivity contribution >= 4 is 19.8 Å². The molecule has 1 aliphatic carbocycles. The van der Waals surface area contributed by atoms with Gasteiger partial charge in [0.15, 0.2) is 6.10 Å². The molecule has 6 N–H and O–H groups in total. The van der Waals surface area contributed by atoms with E-state index in [4.69, 9.17) is 18.5 Å². The van der Waals surface area contributed by atoms with Crippen LogP contribution in [0.4, 0.5) is 0 Å². The van der Waals surface area contributed by atoms with Crippen LogP contribution in [-0.4, -0.2) is 98.3 Å². The Labute approximate surface area is 385 Å². The van der Waals surface area contributed by atoms with Crippen molar-refractivity contribution in [2.24, 2.45) is 0 Å². The smallest absolute Gasteiger partial charge is 0.462 e. The molecule has 0 spiro atoms. The molecular formula is C50H87O13P. The lowest BCUT2D eigenvalue weighted by molar-refractivity contribution is -0.220. The summed E-state index contributed by atoms with van der Waals surface area (Å²) < 4.78 is 33.5. The van der Waals surface area contributed by atoms with Crippen LogP contribution < -0.4 is 0 Å². The Morgan fingerprint density at radius 2 is 0.891 bits per heavy atom. The lowest BCUT2D eigenvalue weighted by Gasteiger charge is -2.41. The van der Waals surface area contributed by atoms with E-state index in [1.165, 1.54) is 83.5 Å². The molecule has 64 heavy (non-hydrogen) atoms. The standard InChI is InChI=1S/C50H87O13P/c1-3-5-7-9-11-13-15-17-19-21-23-25-27-29-31-33-35-37-39-44(52)62-42(41-61-64(58,59)63-50-48(56)46(54)45(53)47(55)49(50)57)40-60-43(51)38-36-34-32-30-28-26-24-22-20-18-16-14-12-10-8-6-4-2/h6,8,12,14,18,20,24,26,30,32,42,45-50,53-57H,3-5,7,9-11,13,15-17,19,21-23,25,27-29,31,33-41H2,1-2H3,(H,58,59)/b8-6-,14-12-,20-18-,26-24-,32-30-/t42-,45?,46-,47?,48?,49?,50?/m1/s1. The molecule has 0 heterocycles. The summed E-state index contributed by atoms with van der Waals surface area (Å²) in [6.07, 6.45) is 35.6. The zero-order valence-electron chi connectivity index (χ0n) is 39.3. The highest BCUT2D eigenvalue weighted by atomic mass is 31.2. The molecule has 0 aromatic rings. The van der Waals surface area contributed by atoms with Crippen LogP contribution in [0, 0.1) is 0 Å². The monoisotopic (exact) mass is 927 g/mol. The predicted octanol–water partition coefficient (Wildman–Crippen LogP) is 10.1. The fraction of sp³-hybridized carbons (Fsp3) is 0.760. The van der Waals surface area contributed by atoms with E-state index in [0.29, 0.717) is 19.3 Å². The molecule has 0 saturated heterocycles. The molecule has 370 valence electrons. The minimum absolute atomic E-state index is 0.0856. The Hall–Kier alpha value is -2.45. The van der Waals surface area contributed by atoms with Crippen LogP contribution >= 0.6 is 7.82 Å². The number of phosphoric ester groups is 1. The van der Waals surface area contributed by atoms with Gasteiger partial charge in [0, 0.05) is 12.8 Å². The molecule has 13 nitrogen and oxygen atoms in total. The minimum Gasteiger partial charge on any atom is -0.462 e. The summed E-state index contributed by atoms with van der Waals surface area (Å²) in [6.45, 7) is 3.15. The number of esters is 2. The van der Waals surface area contributed by atoms with E-state index in [-0.39, 0.29) is 12.8 Å². The SMILES string of the molecule is CC/C=C\C/C=C\C/C=C\C/C=C\C/C=C\CCCC(=O)OC[C@H](COP(=O)(O)OC1C(O)C(O)C(O)[C@@H](O)C1O)OC(=O)CCCCCCCCCCCCCCCCCCCC. The van der Waals surface area contributed by atoms with Crippen molar-refractivity contribution in [3.8, 4) is 0 Å². The summed E-state index contributed by atoms with van der Waals surface area (Å²) >= 11 is 0. The third-order valence-electron chi connectivity index (χ3n) is 11.1. The Morgan fingerprint density at radius 3 is 1.34 bits per heavy atom. The molecule has 14 heteroatoms. The van der Waals surface area contributed by atoms with Crippen molar-refractivity contribution in [1.29, 1.82) is 0 Å². The Morgan fingerprint density at radius 1 is 0.500 bits per heavy atom. The second kappa shape index (κ2) is 39.7. The first-order valence-corrected chi connectivity index (χ1v) is 26.1. The number of unbranched alkanes of at least 4 members (excludes halogenated alkanes) is 18. The minimum atomic E-state index is -5.13. The molecule has 0 aromatic carbocycles. The fourth-order valence-electron chi connectivity index (χ4n) is 7.21. The molecule has 6 unspecified atom stereocenters. The molecule has 1 fully saturated rings. The molecular weight excluding hydrogens is 840 g/mol. The lowest BCUT2D eigenvalue weighted by Crippen LogP contribution is -2.64. The van der Waals surface area contributed by atoms with Crippen molar-refractivity contribution in [2.45, 2.75) is 230 Å². The molecule has 0 aromatic heterocycles. The highest BCUT2D eigenvalue weighted by molar-refractivity contribution is 7.47. The molecule has 0 radical (unpaired) electrons. The summed E-state index contributed by atoms with van der Waals surface area (Å²) in [5.41, 5.74) is 0. The van der Waals surface area contributed by atoms with E-state index in [1.54, 1.807) is 0 Å². The van der Waals surface area contributed by atoms with Crippen LogP contribution in [0.1, 0.15) is 187 Å². The maximum absolute atomic E-state index is 12.8. The van der Waals surface area contributed by atoms with Gasteiger partial charge in [-0.3, -0.25) is 18.6 Å². The third-order valence-corrected chi connectivity index (χ3v) is 12.1. The number of hydrogen-bond donors (Lipinski definition) is 6. The number of allylic oxidation sites excluding steroid dienone is 10. The van der Waals surface area contributed by atoms with Gasteiger partial charge >= 0.3 is 19.8 Å². The van der Waals surface area contributed by atoms with Gasteiger partial charge in [0.05, 0.1) is 6.61 Å². The highest BCUT2D eigenvalue weighted by Gasteiger charge is 2.51. The summed E-state index contributed by atoms with van der Waals surface area (Å²) in [6, 6.07) is 0.